The fourth-order valence-electron chi connectivity index (χ4n) is 3.10. The molecule has 2 atom stereocenters. The van der Waals surface area contributed by atoms with E-state index in [1.54, 1.807) is 6.20 Å². The summed E-state index contributed by atoms with van der Waals surface area (Å²) in [5.74, 6) is 0.891. The van der Waals surface area contributed by atoms with Crippen LogP contribution in [0, 0.1) is 17.7 Å². The molecule has 0 amide bonds. The van der Waals surface area contributed by atoms with E-state index in [1.807, 2.05) is 0 Å². The third-order valence-corrected chi connectivity index (χ3v) is 3.51. The maximum atomic E-state index is 13.2. The van der Waals surface area contributed by atoms with Gasteiger partial charge < -0.3 is 5.73 Å². The minimum absolute atomic E-state index is 0.298. The van der Waals surface area contributed by atoms with Crippen molar-refractivity contribution in [3.63, 3.8) is 0 Å². The molecule has 0 spiro atoms. The Kier molecular flexibility index (Phi) is 2.98. The van der Waals surface area contributed by atoms with Crippen LogP contribution in [0.2, 0.25) is 0 Å². The van der Waals surface area contributed by atoms with Crippen molar-refractivity contribution in [3.05, 3.63) is 29.8 Å². The van der Waals surface area contributed by atoms with Gasteiger partial charge in [-0.3, -0.25) is 4.98 Å². The fraction of sp³-hybridized carbons (Fsp3) is 0.615. The van der Waals surface area contributed by atoms with Crippen molar-refractivity contribution < 1.29 is 4.39 Å². The lowest BCUT2D eigenvalue weighted by Crippen LogP contribution is -2.43. The molecule has 2 unspecified atom stereocenters. The molecule has 0 aliphatic heterocycles. The Hall–Kier alpha value is -0.960. The average Bonchev–Trinajstić information content (AvgIpc) is 2.15. The number of aromatic nitrogens is 1. The molecule has 2 N–H and O–H groups in total. The van der Waals surface area contributed by atoms with E-state index in [2.05, 4.69) is 18.8 Å². The summed E-state index contributed by atoms with van der Waals surface area (Å²) < 4.78 is 13.2. The van der Waals surface area contributed by atoms with E-state index in [-0.39, 0.29) is 5.82 Å². The predicted molar refractivity (Wildman–Crippen MR) is 62.2 cm³/mol. The van der Waals surface area contributed by atoms with Crippen LogP contribution in [0.4, 0.5) is 4.39 Å². The maximum absolute atomic E-state index is 13.2. The van der Waals surface area contributed by atoms with Crippen molar-refractivity contribution >= 4 is 0 Å². The zero-order chi connectivity index (χ0) is 11.8. The van der Waals surface area contributed by atoms with Gasteiger partial charge in [0, 0.05) is 11.7 Å². The van der Waals surface area contributed by atoms with Crippen LogP contribution in [0.5, 0.6) is 0 Å². The summed E-state index contributed by atoms with van der Waals surface area (Å²) in [7, 11) is 0. The van der Waals surface area contributed by atoms with Gasteiger partial charge in [0.1, 0.15) is 5.82 Å². The SMILES string of the molecule is CC1CC(C)CC(N)(c2cncc(F)c2)C1. The zero-order valence-corrected chi connectivity index (χ0v) is 9.91. The van der Waals surface area contributed by atoms with E-state index in [0.29, 0.717) is 11.8 Å². The summed E-state index contributed by atoms with van der Waals surface area (Å²) in [4.78, 5) is 3.90. The van der Waals surface area contributed by atoms with Crippen molar-refractivity contribution in [2.75, 3.05) is 0 Å². The first-order valence-corrected chi connectivity index (χ1v) is 5.89. The first kappa shape index (κ1) is 11.5. The van der Waals surface area contributed by atoms with Gasteiger partial charge in [-0.2, -0.15) is 0 Å². The maximum Gasteiger partial charge on any atom is 0.141 e. The van der Waals surface area contributed by atoms with Crippen molar-refractivity contribution in [1.82, 2.24) is 4.98 Å². The molecule has 1 heterocycles. The second kappa shape index (κ2) is 4.13. The lowest BCUT2D eigenvalue weighted by Gasteiger charge is -2.40. The van der Waals surface area contributed by atoms with Crippen LogP contribution in [0.1, 0.15) is 38.7 Å². The standard InChI is InChI=1S/C13H19FN2/c1-9-3-10(2)6-13(15,5-9)11-4-12(14)8-16-7-11/h4,7-10H,3,5-6,15H2,1-2H3. The lowest BCUT2D eigenvalue weighted by atomic mass is 9.69. The summed E-state index contributed by atoms with van der Waals surface area (Å²) >= 11 is 0. The van der Waals surface area contributed by atoms with Crippen molar-refractivity contribution in [3.8, 4) is 0 Å². The average molecular weight is 222 g/mol. The largest absolute Gasteiger partial charge is 0.321 e. The molecule has 0 aromatic carbocycles. The summed E-state index contributed by atoms with van der Waals surface area (Å²) in [6.45, 7) is 4.42. The quantitative estimate of drug-likeness (QED) is 0.793. The molecule has 0 bridgehead atoms. The van der Waals surface area contributed by atoms with Crippen molar-refractivity contribution in [2.45, 2.75) is 38.6 Å². The first-order chi connectivity index (χ1) is 7.49. The van der Waals surface area contributed by atoms with Gasteiger partial charge in [-0.1, -0.05) is 13.8 Å². The van der Waals surface area contributed by atoms with Crippen molar-refractivity contribution in [2.24, 2.45) is 17.6 Å². The van der Waals surface area contributed by atoms with Crippen molar-refractivity contribution in [1.29, 1.82) is 0 Å². The molecule has 0 saturated heterocycles. The number of rotatable bonds is 1. The van der Waals surface area contributed by atoms with Gasteiger partial charge in [-0.05, 0) is 42.7 Å². The van der Waals surface area contributed by atoms with Gasteiger partial charge in [0.05, 0.1) is 6.20 Å². The van der Waals surface area contributed by atoms with Crippen LogP contribution in [-0.2, 0) is 5.54 Å². The highest BCUT2D eigenvalue weighted by atomic mass is 19.1. The Bertz CT molecular complexity index is 368. The van der Waals surface area contributed by atoms with Gasteiger partial charge in [0.25, 0.3) is 0 Å². The third kappa shape index (κ3) is 2.24. The Morgan fingerprint density at radius 2 is 1.94 bits per heavy atom. The monoisotopic (exact) mass is 222 g/mol. The van der Waals surface area contributed by atoms with E-state index in [0.717, 1.165) is 18.4 Å². The second-order valence-electron chi connectivity index (χ2n) is 5.40. The molecule has 3 heteroatoms. The summed E-state index contributed by atoms with van der Waals surface area (Å²) in [5, 5.41) is 0. The van der Waals surface area contributed by atoms with Crippen LogP contribution in [0.3, 0.4) is 0 Å². The summed E-state index contributed by atoms with van der Waals surface area (Å²) in [5.41, 5.74) is 6.87. The van der Waals surface area contributed by atoms with Gasteiger partial charge in [-0.15, -0.1) is 0 Å². The third-order valence-electron chi connectivity index (χ3n) is 3.51. The van der Waals surface area contributed by atoms with E-state index in [9.17, 15) is 4.39 Å². The van der Waals surface area contributed by atoms with E-state index >= 15 is 0 Å². The second-order valence-corrected chi connectivity index (χ2v) is 5.40. The number of hydrogen-bond donors (Lipinski definition) is 1. The molecule has 1 aliphatic rings. The Morgan fingerprint density at radius 1 is 1.31 bits per heavy atom. The number of pyridine rings is 1. The molecule has 1 saturated carbocycles. The highest BCUT2D eigenvalue weighted by Gasteiger charge is 2.36. The normalized spacial score (nSPS) is 35.0. The molecule has 1 aromatic heterocycles. The molecular weight excluding hydrogens is 203 g/mol. The van der Waals surface area contributed by atoms with Crippen LogP contribution in [-0.4, -0.2) is 4.98 Å². The molecule has 88 valence electrons. The molecule has 16 heavy (non-hydrogen) atoms. The molecule has 2 rings (SSSR count). The topological polar surface area (TPSA) is 38.9 Å². The van der Waals surface area contributed by atoms with E-state index in [4.69, 9.17) is 5.73 Å². The molecule has 1 fully saturated rings. The fourth-order valence-corrected chi connectivity index (χ4v) is 3.10. The smallest absolute Gasteiger partial charge is 0.141 e. The Balaban J connectivity index is 2.30. The molecule has 2 nitrogen and oxygen atoms in total. The van der Waals surface area contributed by atoms with E-state index < -0.39 is 5.54 Å². The van der Waals surface area contributed by atoms with Gasteiger partial charge in [0.2, 0.25) is 0 Å². The number of nitrogens with zero attached hydrogens (tertiary/aromatic N) is 1. The lowest BCUT2D eigenvalue weighted by molar-refractivity contribution is 0.183. The number of hydrogen-bond acceptors (Lipinski definition) is 2. The van der Waals surface area contributed by atoms with Crippen LogP contribution >= 0.6 is 0 Å². The summed E-state index contributed by atoms with van der Waals surface area (Å²) in [6, 6.07) is 1.53. The van der Waals surface area contributed by atoms with Gasteiger partial charge in [0.15, 0.2) is 0 Å². The van der Waals surface area contributed by atoms with Crippen LogP contribution < -0.4 is 5.73 Å². The Labute approximate surface area is 96.1 Å². The van der Waals surface area contributed by atoms with E-state index in [1.165, 1.54) is 18.7 Å². The minimum atomic E-state index is -0.397. The minimum Gasteiger partial charge on any atom is -0.321 e. The van der Waals surface area contributed by atoms with Gasteiger partial charge >= 0.3 is 0 Å². The number of halogens is 1. The molecule has 1 aliphatic carbocycles. The van der Waals surface area contributed by atoms with Crippen LogP contribution in [0.25, 0.3) is 0 Å². The molecule has 1 aromatic rings. The highest BCUT2D eigenvalue weighted by Crippen LogP contribution is 2.40. The Morgan fingerprint density at radius 3 is 2.50 bits per heavy atom. The molecule has 0 radical (unpaired) electrons. The van der Waals surface area contributed by atoms with Gasteiger partial charge in [-0.25, -0.2) is 4.39 Å². The summed E-state index contributed by atoms with van der Waals surface area (Å²) in [6.07, 6.45) is 5.98. The number of nitrogens with two attached hydrogens (primary N) is 1. The molecular formula is C13H19FN2. The van der Waals surface area contributed by atoms with Crippen LogP contribution in [0.15, 0.2) is 18.5 Å². The predicted octanol–water partition coefficient (Wildman–Crippen LogP) is 2.83. The zero-order valence-electron chi connectivity index (χ0n) is 9.91. The highest BCUT2D eigenvalue weighted by molar-refractivity contribution is 5.22. The first-order valence-electron chi connectivity index (χ1n) is 5.89.